The van der Waals surface area contributed by atoms with Gasteiger partial charge in [-0.2, -0.15) is 0 Å². The molecule has 1 aromatic carbocycles. The number of ether oxygens (including phenoxy) is 1. The van der Waals surface area contributed by atoms with Gasteiger partial charge in [-0.25, -0.2) is 4.79 Å². The molecule has 0 aliphatic heterocycles. The van der Waals surface area contributed by atoms with Crippen molar-refractivity contribution in [1.29, 1.82) is 0 Å². The highest BCUT2D eigenvalue weighted by Gasteiger charge is 2.23. The number of aryl methyl sites for hydroxylation is 1. The largest absolute Gasteiger partial charge is 0.493 e. The molecule has 116 valence electrons. The van der Waals surface area contributed by atoms with Crippen molar-refractivity contribution in [1.82, 2.24) is 5.32 Å². The van der Waals surface area contributed by atoms with Crippen LogP contribution in [0.5, 0.6) is 5.75 Å². The number of hydrogen-bond donors (Lipinski definition) is 2. The van der Waals surface area contributed by atoms with Gasteiger partial charge in [0.15, 0.2) is 0 Å². The minimum atomic E-state index is -1.02. The summed E-state index contributed by atoms with van der Waals surface area (Å²) in [5.74, 6) is -0.747. The molecular formula is C16H23NO4. The monoisotopic (exact) mass is 293 g/mol. The Kier molecular flexibility index (Phi) is 6.21. The number of amides is 1. The van der Waals surface area contributed by atoms with Gasteiger partial charge in [0.2, 0.25) is 5.91 Å². The molecular weight excluding hydrogens is 270 g/mol. The number of benzene rings is 1. The zero-order valence-electron chi connectivity index (χ0n) is 13.0. The highest BCUT2D eigenvalue weighted by Crippen LogP contribution is 2.20. The van der Waals surface area contributed by atoms with Gasteiger partial charge in [-0.15, -0.1) is 0 Å². The van der Waals surface area contributed by atoms with E-state index in [2.05, 4.69) is 5.32 Å². The molecule has 0 fully saturated rings. The third-order valence-electron chi connectivity index (χ3n) is 3.39. The van der Waals surface area contributed by atoms with E-state index in [1.807, 2.05) is 32.0 Å². The molecule has 2 N–H and O–H groups in total. The molecule has 0 unspecified atom stereocenters. The van der Waals surface area contributed by atoms with E-state index in [1.54, 1.807) is 13.8 Å². The minimum absolute atomic E-state index is 0.129. The van der Waals surface area contributed by atoms with Gasteiger partial charge in [0.05, 0.1) is 13.0 Å². The third kappa shape index (κ3) is 5.10. The summed E-state index contributed by atoms with van der Waals surface area (Å²) in [5, 5.41) is 11.5. The SMILES string of the molecule is Cc1cccc(OCCC(=O)N[C@H](C(=O)O)C(C)C)c1C. The topological polar surface area (TPSA) is 75.6 Å². The molecule has 0 saturated carbocycles. The molecule has 0 aromatic heterocycles. The number of carboxylic acid groups (broad SMARTS) is 1. The molecule has 1 atom stereocenters. The van der Waals surface area contributed by atoms with E-state index < -0.39 is 12.0 Å². The maximum absolute atomic E-state index is 11.7. The fourth-order valence-electron chi connectivity index (χ4n) is 1.89. The first-order valence-corrected chi connectivity index (χ1v) is 7.04. The fourth-order valence-corrected chi connectivity index (χ4v) is 1.89. The van der Waals surface area contributed by atoms with Crippen LogP contribution in [0.3, 0.4) is 0 Å². The van der Waals surface area contributed by atoms with Gasteiger partial charge in [0, 0.05) is 0 Å². The lowest BCUT2D eigenvalue weighted by Crippen LogP contribution is -2.44. The summed E-state index contributed by atoms with van der Waals surface area (Å²) in [6.45, 7) is 7.69. The van der Waals surface area contributed by atoms with Crippen molar-refractivity contribution < 1.29 is 19.4 Å². The maximum atomic E-state index is 11.7. The highest BCUT2D eigenvalue weighted by molar-refractivity contribution is 5.83. The Balaban J connectivity index is 2.47. The van der Waals surface area contributed by atoms with E-state index in [0.29, 0.717) is 0 Å². The molecule has 5 nitrogen and oxygen atoms in total. The molecule has 0 heterocycles. The summed E-state index contributed by atoms with van der Waals surface area (Å²) in [6.07, 6.45) is 0.129. The van der Waals surface area contributed by atoms with Crippen LogP contribution >= 0.6 is 0 Å². The van der Waals surface area contributed by atoms with Crippen LogP contribution in [0.15, 0.2) is 18.2 Å². The summed E-state index contributed by atoms with van der Waals surface area (Å²) < 4.78 is 5.58. The Labute approximate surface area is 125 Å². The first-order chi connectivity index (χ1) is 9.82. The van der Waals surface area contributed by atoms with Gasteiger partial charge in [-0.1, -0.05) is 26.0 Å². The summed E-state index contributed by atoms with van der Waals surface area (Å²) >= 11 is 0. The second kappa shape index (κ2) is 7.67. The maximum Gasteiger partial charge on any atom is 0.326 e. The van der Waals surface area contributed by atoms with Crippen LogP contribution < -0.4 is 10.1 Å². The molecule has 0 spiro atoms. The number of rotatable bonds is 7. The summed E-state index contributed by atoms with van der Waals surface area (Å²) in [6, 6.07) is 4.89. The van der Waals surface area contributed by atoms with E-state index in [-0.39, 0.29) is 24.9 Å². The predicted molar refractivity (Wildman–Crippen MR) is 80.4 cm³/mol. The Morgan fingerprint density at radius 2 is 1.95 bits per heavy atom. The number of carbonyl (C=O) groups is 2. The first-order valence-electron chi connectivity index (χ1n) is 7.04. The zero-order chi connectivity index (χ0) is 16.0. The van der Waals surface area contributed by atoms with Crippen LogP contribution in [0.2, 0.25) is 0 Å². The van der Waals surface area contributed by atoms with Crippen molar-refractivity contribution >= 4 is 11.9 Å². The molecule has 0 saturated heterocycles. The molecule has 21 heavy (non-hydrogen) atoms. The second-order valence-corrected chi connectivity index (χ2v) is 5.42. The Bertz CT molecular complexity index is 511. The van der Waals surface area contributed by atoms with E-state index in [9.17, 15) is 9.59 Å². The lowest BCUT2D eigenvalue weighted by Gasteiger charge is -2.18. The van der Waals surface area contributed by atoms with Crippen LogP contribution in [-0.2, 0) is 9.59 Å². The number of aliphatic carboxylic acids is 1. The minimum Gasteiger partial charge on any atom is -0.493 e. The number of carboxylic acids is 1. The highest BCUT2D eigenvalue weighted by atomic mass is 16.5. The molecule has 0 radical (unpaired) electrons. The van der Waals surface area contributed by atoms with Crippen LogP contribution in [0, 0.1) is 19.8 Å². The van der Waals surface area contributed by atoms with Crippen LogP contribution in [0.1, 0.15) is 31.4 Å². The van der Waals surface area contributed by atoms with Crippen molar-refractivity contribution in [2.45, 2.75) is 40.2 Å². The quantitative estimate of drug-likeness (QED) is 0.809. The van der Waals surface area contributed by atoms with Gasteiger partial charge < -0.3 is 15.2 Å². The van der Waals surface area contributed by atoms with Gasteiger partial charge in [0.25, 0.3) is 0 Å². The van der Waals surface area contributed by atoms with Crippen LogP contribution in [-0.4, -0.2) is 29.6 Å². The standard InChI is InChI=1S/C16H23NO4/c1-10(2)15(16(19)20)17-14(18)8-9-21-13-7-5-6-11(3)12(13)4/h5-7,10,15H,8-9H2,1-4H3,(H,17,18)(H,19,20)/t15-/m0/s1. The van der Waals surface area contributed by atoms with Gasteiger partial charge in [0.1, 0.15) is 11.8 Å². The Hall–Kier alpha value is -2.04. The molecule has 1 aromatic rings. The zero-order valence-corrected chi connectivity index (χ0v) is 13.0. The smallest absolute Gasteiger partial charge is 0.326 e. The van der Waals surface area contributed by atoms with E-state index in [1.165, 1.54) is 0 Å². The molecule has 5 heteroatoms. The van der Waals surface area contributed by atoms with Crippen LogP contribution in [0.4, 0.5) is 0 Å². The van der Waals surface area contributed by atoms with Gasteiger partial charge in [-0.3, -0.25) is 4.79 Å². The van der Waals surface area contributed by atoms with Crippen molar-refractivity contribution in [2.24, 2.45) is 5.92 Å². The Morgan fingerprint density at radius 3 is 2.52 bits per heavy atom. The predicted octanol–water partition coefficient (Wildman–Crippen LogP) is 2.30. The Morgan fingerprint density at radius 1 is 1.29 bits per heavy atom. The van der Waals surface area contributed by atoms with Crippen molar-refractivity contribution in [3.63, 3.8) is 0 Å². The third-order valence-corrected chi connectivity index (χ3v) is 3.39. The molecule has 0 aliphatic rings. The summed E-state index contributed by atoms with van der Waals surface area (Å²) in [4.78, 5) is 22.8. The molecule has 1 amide bonds. The van der Waals surface area contributed by atoms with Crippen LogP contribution in [0.25, 0.3) is 0 Å². The van der Waals surface area contributed by atoms with Crippen molar-refractivity contribution in [2.75, 3.05) is 6.61 Å². The van der Waals surface area contributed by atoms with E-state index in [0.717, 1.165) is 16.9 Å². The lowest BCUT2D eigenvalue weighted by molar-refractivity contribution is -0.143. The average molecular weight is 293 g/mol. The molecule has 0 bridgehead atoms. The number of nitrogens with one attached hydrogen (secondary N) is 1. The first kappa shape index (κ1) is 17.0. The van der Waals surface area contributed by atoms with E-state index >= 15 is 0 Å². The molecule has 1 rings (SSSR count). The second-order valence-electron chi connectivity index (χ2n) is 5.42. The van der Waals surface area contributed by atoms with Crippen molar-refractivity contribution in [3.05, 3.63) is 29.3 Å². The van der Waals surface area contributed by atoms with Crippen molar-refractivity contribution in [3.8, 4) is 5.75 Å². The molecule has 0 aliphatic carbocycles. The fraction of sp³-hybridized carbons (Fsp3) is 0.500. The summed E-state index contributed by atoms with van der Waals surface area (Å²) in [7, 11) is 0. The summed E-state index contributed by atoms with van der Waals surface area (Å²) in [5.41, 5.74) is 2.17. The number of hydrogen-bond acceptors (Lipinski definition) is 3. The van der Waals surface area contributed by atoms with Gasteiger partial charge in [-0.05, 0) is 37.0 Å². The number of carbonyl (C=O) groups excluding carboxylic acids is 1. The van der Waals surface area contributed by atoms with Gasteiger partial charge >= 0.3 is 5.97 Å². The lowest BCUT2D eigenvalue weighted by atomic mass is 10.0. The average Bonchev–Trinajstić information content (AvgIpc) is 2.40. The normalized spacial score (nSPS) is 12.0. The van der Waals surface area contributed by atoms with E-state index in [4.69, 9.17) is 9.84 Å².